The molecule has 0 unspecified atom stereocenters. The monoisotopic (exact) mass is 344 g/mol. The minimum absolute atomic E-state index is 0.197. The molecule has 1 aromatic carbocycles. The van der Waals surface area contributed by atoms with Gasteiger partial charge in [-0.2, -0.15) is 0 Å². The van der Waals surface area contributed by atoms with Crippen LogP contribution in [0.1, 0.15) is 34.0 Å². The molecule has 5 heteroatoms. The standard InChI is InChI=1S/C19H24N2O2S/c1-13-5-4-6-17(11-13)23-16-7-9-21(10-8-16)19(22)12-18-14(2)20-15(3)24-18/h4-6,11,16H,7-10,12H2,1-3H3. The lowest BCUT2D eigenvalue weighted by molar-refractivity contribution is -0.132. The van der Waals surface area contributed by atoms with E-state index in [-0.39, 0.29) is 12.0 Å². The molecule has 0 radical (unpaired) electrons. The number of hydrogen-bond acceptors (Lipinski definition) is 4. The first kappa shape index (κ1) is 17.0. The highest BCUT2D eigenvalue weighted by Crippen LogP contribution is 2.22. The Morgan fingerprint density at radius 3 is 2.67 bits per heavy atom. The molecular formula is C19H24N2O2S. The van der Waals surface area contributed by atoms with Gasteiger partial charge in [-0.3, -0.25) is 4.79 Å². The van der Waals surface area contributed by atoms with E-state index < -0.39 is 0 Å². The Balaban J connectivity index is 1.51. The average molecular weight is 344 g/mol. The summed E-state index contributed by atoms with van der Waals surface area (Å²) in [6.07, 6.45) is 2.45. The van der Waals surface area contributed by atoms with Crippen molar-refractivity contribution in [3.8, 4) is 5.75 Å². The van der Waals surface area contributed by atoms with E-state index in [1.807, 2.05) is 30.9 Å². The van der Waals surface area contributed by atoms with Crippen LogP contribution in [0, 0.1) is 20.8 Å². The number of amides is 1. The zero-order valence-corrected chi connectivity index (χ0v) is 15.4. The molecule has 0 spiro atoms. The highest BCUT2D eigenvalue weighted by molar-refractivity contribution is 7.11. The van der Waals surface area contributed by atoms with Crippen molar-refractivity contribution in [1.29, 1.82) is 0 Å². The van der Waals surface area contributed by atoms with Crippen molar-refractivity contribution in [1.82, 2.24) is 9.88 Å². The Hall–Kier alpha value is -1.88. The summed E-state index contributed by atoms with van der Waals surface area (Å²) in [7, 11) is 0. The number of carbonyl (C=O) groups excluding carboxylic acids is 1. The predicted octanol–water partition coefficient (Wildman–Crippen LogP) is 3.68. The number of carbonyl (C=O) groups is 1. The lowest BCUT2D eigenvalue weighted by Crippen LogP contribution is -2.42. The Bertz CT molecular complexity index is 718. The summed E-state index contributed by atoms with van der Waals surface area (Å²) in [5.41, 5.74) is 2.19. The number of aryl methyl sites for hydroxylation is 3. The topological polar surface area (TPSA) is 42.4 Å². The number of piperidine rings is 1. The molecule has 1 aliphatic rings. The van der Waals surface area contributed by atoms with Gasteiger partial charge in [0.15, 0.2) is 0 Å². The molecule has 2 aromatic rings. The van der Waals surface area contributed by atoms with Crippen LogP contribution in [0.15, 0.2) is 24.3 Å². The maximum Gasteiger partial charge on any atom is 0.227 e. The van der Waals surface area contributed by atoms with E-state index in [1.54, 1.807) is 11.3 Å². The van der Waals surface area contributed by atoms with Crippen molar-refractivity contribution < 1.29 is 9.53 Å². The summed E-state index contributed by atoms with van der Waals surface area (Å²) in [6, 6.07) is 8.14. The summed E-state index contributed by atoms with van der Waals surface area (Å²) in [5.74, 6) is 1.13. The number of aromatic nitrogens is 1. The fourth-order valence-corrected chi connectivity index (χ4v) is 4.02. The number of rotatable bonds is 4. The van der Waals surface area contributed by atoms with Gasteiger partial charge in [-0.1, -0.05) is 12.1 Å². The molecule has 4 nitrogen and oxygen atoms in total. The number of thiazole rings is 1. The van der Waals surface area contributed by atoms with Crippen molar-refractivity contribution >= 4 is 17.2 Å². The van der Waals surface area contributed by atoms with Gasteiger partial charge in [-0.15, -0.1) is 11.3 Å². The van der Waals surface area contributed by atoms with Gasteiger partial charge in [-0.25, -0.2) is 4.98 Å². The molecule has 1 amide bonds. The summed E-state index contributed by atoms with van der Waals surface area (Å²) in [5, 5.41) is 1.03. The van der Waals surface area contributed by atoms with E-state index >= 15 is 0 Å². The molecule has 0 aliphatic carbocycles. The first-order valence-electron chi connectivity index (χ1n) is 8.45. The highest BCUT2D eigenvalue weighted by atomic mass is 32.1. The molecule has 0 atom stereocenters. The van der Waals surface area contributed by atoms with Crippen molar-refractivity contribution in [3.63, 3.8) is 0 Å². The molecular weight excluding hydrogens is 320 g/mol. The SMILES string of the molecule is Cc1cccc(OC2CCN(C(=O)Cc3sc(C)nc3C)CC2)c1. The first-order valence-corrected chi connectivity index (χ1v) is 9.27. The van der Waals surface area contributed by atoms with Crippen molar-refractivity contribution in [2.75, 3.05) is 13.1 Å². The molecule has 2 heterocycles. The zero-order chi connectivity index (χ0) is 17.1. The average Bonchev–Trinajstić information content (AvgIpc) is 2.85. The zero-order valence-electron chi connectivity index (χ0n) is 14.5. The fraction of sp³-hybridized carbons (Fsp3) is 0.474. The first-order chi connectivity index (χ1) is 11.5. The van der Waals surface area contributed by atoms with Crippen LogP contribution in [0.2, 0.25) is 0 Å². The van der Waals surface area contributed by atoms with E-state index in [4.69, 9.17) is 4.74 Å². The molecule has 0 saturated carbocycles. The third kappa shape index (κ3) is 4.15. The quantitative estimate of drug-likeness (QED) is 0.850. The maximum absolute atomic E-state index is 12.5. The summed E-state index contributed by atoms with van der Waals surface area (Å²) < 4.78 is 6.06. The smallest absolute Gasteiger partial charge is 0.227 e. The second-order valence-corrected chi connectivity index (χ2v) is 7.72. The van der Waals surface area contributed by atoms with E-state index in [0.29, 0.717) is 6.42 Å². The molecule has 3 rings (SSSR count). The summed E-state index contributed by atoms with van der Waals surface area (Å²) in [4.78, 5) is 20.0. The molecule has 128 valence electrons. The second kappa shape index (κ2) is 7.34. The predicted molar refractivity (Wildman–Crippen MR) is 96.7 cm³/mol. The number of ether oxygens (including phenoxy) is 1. The third-order valence-electron chi connectivity index (χ3n) is 4.40. The van der Waals surface area contributed by atoms with Crippen LogP contribution in [-0.4, -0.2) is 35.0 Å². The Kier molecular flexibility index (Phi) is 5.19. The summed E-state index contributed by atoms with van der Waals surface area (Å²) >= 11 is 1.63. The maximum atomic E-state index is 12.5. The molecule has 24 heavy (non-hydrogen) atoms. The van der Waals surface area contributed by atoms with E-state index in [9.17, 15) is 4.79 Å². The number of hydrogen-bond donors (Lipinski definition) is 0. The Morgan fingerprint density at radius 1 is 1.29 bits per heavy atom. The minimum atomic E-state index is 0.197. The minimum Gasteiger partial charge on any atom is -0.490 e. The molecule has 0 N–H and O–H groups in total. The molecule has 1 aromatic heterocycles. The molecule has 1 aliphatic heterocycles. The van der Waals surface area contributed by atoms with Gasteiger partial charge in [0.2, 0.25) is 5.91 Å². The van der Waals surface area contributed by atoms with Gasteiger partial charge in [0.1, 0.15) is 11.9 Å². The van der Waals surface area contributed by atoms with E-state index in [1.165, 1.54) is 5.56 Å². The molecule has 0 bridgehead atoms. The third-order valence-corrected chi connectivity index (χ3v) is 5.47. The lowest BCUT2D eigenvalue weighted by atomic mass is 10.1. The van der Waals surface area contributed by atoms with Crippen molar-refractivity contribution in [3.05, 3.63) is 45.4 Å². The Labute approximate surface area is 147 Å². The van der Waals surface area contributed by atoms with Crippen LogP contribution in [0.25, 0.3) is 0 Å². The number of likely N-dealkylation sites (tertiary alicyclic amines) is 1. The van der Waals surface area contributed by atoms with Crippen LogP contribution >= 0.6 is 11.3 Å². The van der Waals surface area contributed by atoms with Crippen molar-refractivity contribution in [2.24, 2.45) is 0 Å². The van der Waals surface area contributed by atoms with Gasteiger partial charge in [-0.05, 0) is 38.5 Å². The van der Waals surface area contributed by atoms with Gasteiger partial charge in [0.25, 0.3) is 0 Å². The lowest BCUT2D eigenvalue weighted by Gasteiger charge is -2.32. The number of nitrogens with zero attached hydrogens (tertiary/aromatic N) is 2. The largest absolute Gasteiger partial charge is 0.490 e. The highest BCUT2D eigenvalue weighted by Gasteiger charge is 2.24. The van der Waals surface area contributed by atoms with Gasteiger partial charge in [0, 0.05) is 30.8 Å². The van der Waals surface area contributed by atoms with Crippen LogP contribution in [0.4, 0.5) is 0 Å². The van der Waals surface area contributed by atoms with Gasteiger partial charge < -0.3 is 9.64 Å². The summed E-state index contributed by atoms with van der Waals surface area (Å²) in [6.45, 7) is 7.57. The van der Waals surface area contributed by atoms with Gasteiger partial charge in [0.05, 0.1) is 17.1 Å². The fourth-order valence-electron chi connectivity index (χ4n) is 3.09. The van der Waals surface area contributed by atoms with Crippen LogP contribution in [0.5, 0.6) is 5.75 Å². The molecule has 1 fully saturated rings. The Morgan fingerprint density at radius 2 is 2.04 bits per heavy atom. The normalized spacial score (nSPS) is 15.5. The van der Waals surface area contributed by atoms with Crippen LogP contribution in [-0.2, 0) is 11.2 Å². The molecule has 1 saturated heterocycles. The van der Waals surface area contributed by atoms with E-state index in [2.05, 4.69) is 24.0 Å². The number of benzene rings is 1. The second-order valence-electron chi connectivity index (χ2n) is 6.43. The van der Waals surface area contributed by atoms with Crippen LogP contribution < -0.4 is 4.74 Å². The van der Waals surface area contributed by atoms with Gasteiger partial charge >= 0.3 is 0 Å². The van der Waals surface area contributed by atoms with E-state index in [0.717, 1.165) is 47.3 Å². The van der Waals surface area contributed by atoms with Crippen LogP contribution in [0.3, 0.4) is 0 Å². The van der Waals surface area contributed by atoms with Crippen molar-refractivity contribution in [2.45, 2.75) is 46.1 Å².